The molecule has 0 unspecified atom stereocenters. The number of amides is 1. The van der Waals surface area contributed by atoms with Gasteiger partial charge in [-0.1, -0.05) is 60.7 Å². The molecule has 0 spiro atoms. The Kier molecular flexibility index (Phi) is 5.61. The maximum Gasteiger partial charge on any atom is 0.236 e. The Labute approximate surface area is 165 Å². The number of hydrogen-bond donors (Lipinski definition) is 1. The van der Waals surface area contributed by atoms with Crippen LogP contribution in [0.25, 0.3) is 0 Å². The molecule has 1 aliphatic rings. The Morgan fingerprint density at radius 3 is 1.89 bits per heavy atom. The van der Waals surface area contributed by atoms with Crippen LogP contribution in [0.4, 0.5) is 11.6 Å². The third kappa shape index (κ3) is 4.19. The van der Waals surface area contributed by atoms with E-state index in [2.05, 4.69) is 20.2 Å². The highest BCUT2D eigenvalue weighted by molar-refractivity contribution is 5.98. The van der Waals surface area contributed by atoms with Gasteiger partial charge in [0.25, 0.3) is 0 Å². The molecule has 4 rings (SSSR count). The number of aromatic nitrogens is 2. The minimum atomic E-state index is -0.385. The van der Waals surface area contributed by atoms with E-state index in [4.69, 9.17) is 0 Å². The Morgan fingerprint density at radius 2 is 1.36 bits per heavy atom. The highest BCUT2D eigenvalue weighted by Crippen LogP contribution is 2.26. The zero-order valence-electron chi connectivity index (χ0n) is 15.8. The predicted octanol–water partition coefficient (Wildman–Crippen LogP) is 4.24. The first-order chi connectivity index (χ1) is 13.8. The first kappa shape index (κ1) is 18.2. The van der Waals surface area contributed by atoms with Gasteiger partial charge in [0.15, 0.2) is 0 Å². The number of piperidine rings is 1. The number of hydrogen-bond acceptors (Lipinski definition) is 4. The zero-order chi connectivity index (χ0) is 19.2. The number of nitrogens with one attached hydrogen (secondary N) is 1. The molecular formula is C23H24N4O. The fourth-order valence-corrected chi connectivity index (χ4v) is 3.64. The smallest absolute Gasteiger partial charge is 0.236 e. The second-order valence-electron chi connectivity index (χ2n) is 7.06. The fourth-order valence-electron chi connectivity index (χ4n) is 3.64. The molecule has 0 atom stereocenters. The van der Waals surface area contributed by atoms with Crippen molar-refractivity contribution in [2.75, 3.05) is 23.3 Å². The molecule has 5 nitrogen and oxygen atoms in total. The summed E-state index contributed by atoms with van der Waals surface area (Å²) in [7, 11) is 0. The van der Waals surface area contributed by atoms with E-state index >= 15 is 0 Å². The van der Waals surface area contributed by atoms with Gasteiger partial charge in [-0.25, -0.2) is 9.97 Å². The van der Waals surface area contributed by atoms with Crippen molar-refractivity contribution < 1.29 is 4.79 Å². The molecule has 28 heavy (non-hydrogen) atoms. The second kappa shape index (κ2) is 8.65. The lowest BCUT2D eigenvalue weighted by Crippen LogP contribution is -2.31. The quantitative estimate of drug-likeness (QED) is 0.728. The molecule has 0 radical (unpaired) electrons. The van der Waals surface area contributed by atoms with Crippen molar-refractivity contribution >= 4 is 17.5 Å². The molecule has 0 bridgehead atoms. The van der Waals surface area contributed by atoms with Gasteiger partial charge in [0.05, 0.1) is 24.0 Å². The summed E-state index contributed by atoms with van der Waals surface area (Å²) in [6, 6.07) is 19.6. The van der Waals surface area contributed by atoms with Gasteiger partial charge in [-0.2, -0.15) is 0 Å². The molecule has 1 N–H and O–H groups in total. The molecule has 2 aromatic carbocycles. The molecule has 1 amide bonds. The summed E-state index contributed by atoms with van der Waals surface area (Å²) in [6.45, 7) is 1.99. The van der Waals surface area contributed by atoms with Crippen LogP contribution < -0.4 is 10.2 Å². The van der Waals surface area contributed by atoms with Crippen molar-refractivity contribution in [3.63, 3.8) is 0 Å². The van der Waals surface area contributed by atoms with Crippen LogP contribution >= 0.6 is 0 Å². The van der Waals surface area contributed by atoms with E-state index in [0.29, 0.717) is 5.69 Å². The van der Waals surface area contributed by atoms with Crippen LogP contribution in [-0.2, 0) is 4.79 Å². The summed E-state index contributed by atoms with van der Waals surface area (Å²) in [6.07, 6.45) is 7.02. The van der Waals surface area contributed by atoms with Gasteiger partial charge in [-0.15, -0.1) is 0 Å². The number of anilines is 2. The molecule has 1 aliphatic heterocycles. The van der Waals surface area contributed by atoms with Crippen LogP contribution in [-0.4, -0.2) is 29.0 Å². The highest BCUT2D eigenvalue weighted by atomic mass is 16.1. The van der Waals surface area contributed by atoms with Crippen molar-refractivity contribution in [1.82, 2.24) is 9.97 Å². The molecule has 1 fully saturated rings. The van der Waals surface area contributed by atoms with Crippen molar-refractivity contribution in [1.29, 1.82) is 0 Å². The Morgan fingerprint density at radius 1 is 0.821 bits per heavy atom. The average Bonchev–Trinajstić information content (AvgIpc) is 2.77. The first-order valence-electron chi connectivity index (χ1n) is 9.79. The van der Waals surface area contributed by atoms with E-state index in [1.165, 1.54) is 19.3 Å². The third-order valence-electron chi connectivity index (χ3n) is 5.07. The van der Waals surface area contributed by atoms with Gasteiger partial charge in [0.2, 0.25) is 11.9 Å². The monoisotopic (exact) mass is 372 g/mol. The number of carbonyl (C=O) groups is 1. The minimum Gasteiger partial charge on any atom is -0.341 e. The Bertz CT molecular complexity index is 851. The van der Waals surface area contributed by atoms with Crippen LogP contribution in [0.3, 0.4) is 0 Å². The van der Waals surface area contributed by atoms with E-state index in [9.17, 15) is 4.79 Å². The molecular weight excluding hydrogens is 348 g/mol. The van der Waals surface area contributed by atoms with E-state index < -0.39 is 0 Å². The molecule has 5 heteroatoms. The SMILES string of the molecule is O=C(Nc1cnc(N2CCCCC2)nc1)C(c1ccccc1)c1ccccc1. The molecule has 3 aromatic rings. The van der Waals surface area contributed by atoms with Crippen LogP contribution in [0.1, 0.15) is 36.3 Å². The van der Waals surface area contributed by atoms with Gasteiger partial charge < -0.3 is 10.2 Å². The molecule has 2 heterocycles. The lowest BCUT2D eigenvalue weighted by atomic mass is 9.90. The number of benzene rings is 2. The van der Waals surface area contributed by atoms with E-state index in [1.54, 1.807) is 12.4 Å². The summed E-state index contributed by atoms with van der Waals surface area (Å²) < 4.78 is 0. The minimum absolute atomic E-state index is 0.0910. The topological polar surface area (TPSA) is 58.1 Å². The van der Waals surface area contributed by atoms with Gasteiger partial charge >= 0.3 is 0 Å². The number of nitrogens with zero attached hydrogens (tertiary/aromatic N) is 3. The molecule has 1 aromatic heterocycles. The number of rotatable bonds is 5. The summed E-state index contributed by atoms with van der Waals surface area (Å²) >= 11 is 0. The largest absolute Gasteiger partial charge is 0.341 e. The van der Waals surface area contributed by atoms with Crippen LogP contribution in [0.15, 0.2) is 73.1 Å². The van der Waals surface area contributed by atoms with Crippen LogP contribution in [0.5, 0.6) is 0 Å². The van der Waals surface area contributed by atoms with Gasteiger partial charge in [0.1, 0.15) is 0 Å². The van der Waals surface area contributed by atoms with Crippen molar-refractivity contribution in [2.45, 2.75) is 25.2 Å². The van der Waals surface area contributed by atoms with E-state index in [1.807, 2.05) is 60.7 Å². The second-order valence-corrected chi connectivity index (χ2v) is 7.06. The lowest BCUT2D eigenvalue weighted by Gasteiger charge is -2.26. The first-order valence-corrected chi connectivity index (χ1v) is 9.79. The molecule has 1 saturated heterocycles. The third-order valence-corrected chi connectivity index (χ3v) is 5.07. The normalized spacial score (nSPS) is 14.1. The zero-order valence-corrected chi connectivity index (χ0v) is 15.8. The standard InChI is InChI=1S/C23H24N4O/c28-22(21(18-10-4-1-5-11-18)19-12-6-2-7-13-19)26-20-16-24-23(25-17-20)27-14-8-3-9-15-27/h1-2,4-7,10-13,16-17,21H,3,8-9,14-15H2,(H,26,28). The van der Waals surface area contributed by atoms with Crippen molar-refractivity contribution in [3.05, 3.63) is 84.2 Å². The van der Waals surface area contributed by atoms with Gasteiger partial charge in [-0.05, 0) is 30.4 Å². The molecule has 0 aliphatic carbocycles. The maximum absolute atomic E-state index is 13.1. The molecule has 142 valence electrons. The Balaban J connectivity index is 1.53. The van der Waals surface area contributed by atoms with Gasteiger partial charge in [0, 0.05) is 13.1 Å². The molecule has 0 saturated carbocycles. The number of carbonyl (C=O) groups excluding carboxylic acids is 1. The summed E-state index contributed by atoms with van der Waals surface area (Å²) in [5.41, 5.74) is 2.52. The van der Waals surface area contributed by atoms with E-state index in [0.717, 1.165) is 30.2 Å². The summed E-state index contributed by atoms with van der Waals surface area (Å²) in [4.78, 5) is 24.2. The van der Waals surface area contributed by atoms with Crippen molar-refractivity contribution in [2.24, 2.45) is 0 Å². The Hall–Kier alpha value is -3.21. The van der Waals surface area contributed by atoms with E-state index in [-0.39, 0.29) is 11.8 Å². The fraction of sp³-hybridized carbons (Fsp3) is 0.261. The maximum atomic E-state index is 13.1. The predicted molar refractivity (Wildman–Crippen MR) is 111 cm³/mol. The summed E-state index contributed by atoms with van der Waals surface area (Å²) in [5.74, 6) is 0.260. The van der Waals surface area contributed by atoms with Crippen LogP contribution in [0.2, 0.25) is 0 Å². The lowest BCUT2D eigenvalue weighted by molar-refractivity contribution is -0.116. The van der Waals surface area contributed by atoms with Gasteiger partial charge in [-0.3, -0.25) is 4.79 Å². The highest BCUT2D eigenvalue weighted by Gasteiger charge is 2.23. The van der Waals surface area contributed by atoms with Crippen molar-refractivity contribution in [3.8, 4) is 0 Å². The van der Waals surface area contributed by atoms with Crippen LogP contribution in [0, 0.1) is 0 Å². The summed E-state index contributed by atoms with van der Waals surface area (Å²) in [5, 5.41) is 2.99. The average molecular weight is 372 g/mol.